The minimum absolute atomic E-state index is 0.0376. The van der Waals surface area contributed by atoms with Gasteiger partial charge in [0.15, 0.2) is 0 Å². The highest BCUT2D eigenvalue weighted by atomic mass is 16.6. The van der Waals surface area contributed by atoms with Gasteiger partial charge in [0.05, 0.1) is 6.10 Å². The van der Waals surface area contributed by atoms with Crippen LogP contribution >= 0.6 is 0 Å². The summed E-state index contributed by atoms with van der Waals surface area (Å²) >= 11 is 0. The van der Waals surface area contributed by atoms with Gasteiger partial charge in [0.1, 0.15) is 30.5 Å². The average Bonchev–Trinajstić information content (AvgIpc) is 3.32. The summed E-state index contributed by atoms with van der Waals surface area (Å²) in [5.41, 5.74) is 1.71. The first-order valence-corrected chi connectivity index (χ1v) is 17.9. The SMILES string of the molecule is C=C(CC[C@@H](C)[C@H]1CC=C2C3=C([C@@H](O)[C@H](OC(C)=O)C21C)C1(C)C[C@@H](OC(=O)CNC(=O)OC(C)(C)C)[C@H](O)C(C)(C)[C@@H]1CC3)C(C)C. The quantitative estimate of drug-likeness (QED) is 0.138. The number of ether oxygens (including phenoxy) is 3. The van der Waals surface area contributed by atoms with Crippen molar-refractivity contribution >= 4 is 18.0 Å². The number of fused-ring (bicyclic) bond motifs is 4. The molecule has 2 unspecified atom stereocenters. The largest absolute Gasteiger partial charge is 0.458 e. The Bertz CT molecular complexity index is 1350. The topological polar surface area (TPSA) is 131 Å². The molecule has 0 saturated heterocycles. The predicted octanol–water partition coefficient (Wildman–Crippen LogP) is 6.81. The molecule has 0 aromatic heterocycles. The Morgan fingerprint density at radius 3 is 2.31 bits per heavy atom. The molecule has 3 N–H and O–H groups in total. The summed E-state index contributed by atoms with van der Waals surface area (Å²) in [6.45, 7) is 25.3. The van der Waals surface area contributed by atoms with E-state index >= 15 is 0 Å². The zero-order valence-electron chi connectivity index (χ0n) is 31.2. The van der Waals surface area contributed by atoms with Gasteiger partial charge in [0, 0.05) is 12.3 Å². The zero-order chi connectivity index (χ0) is 36.1. The maximum atomic E-state index is 13.0. The molecule has 1 amide bonds. The standard InChI is InChI=1S/C39H61NO8/c1-21(2)22(3)13-14-23(4)26-16-17-27-25-15-18-29-37(9,10)33(44)28(47-30(42)20-40-35(45)48-36(6,7)8)19-38(29,11)31(25)32(43)34(39(26,27)12)46-24(5)41/h17,21,23,26,28-29,32-34,43-44H,3,13-16,18-20H2,1-2,4-12H3,(H,40,45)/t23-,26-,28-,29+,32-,33+,34+,38?,39?/m1/s1. The molecule has 270 valence electrons. The summed E-state index contributed by atoms with van der Waals surface area (Å²) in [4.78, 5) is 37.9. The van der Waals surface area contributed by atoms with Gasteiger partial charge >= 0.3 is 18.0 Å². The Balaban J connectivity index is 1.68. The zero-order valence-corrected chi connectivity index (χ0v) is 31.2. The molecule has 48 heavy (non-hydrogen) atoms. The summed E-state index contributed by atoms with van der Waals surface area (Å²) in [5, 5.41) is 26.5. The molecule has 4 aliphatic rings. The number of aliphatic hydroxyl groups excluding tert-OH is 2. The lowest BCUT2D eigenvalue weighted by molar-refractivity contribution is -0.193. The van der Waals surface area contributed by atoms with Crippen LogP contribution in [0, 0.1) is 39.9 Å². The molecule has 9 atom stereocenters. The summed E-state index contributed by atoms with van der Waals surface area (Å²) < 4.78 is 17.3. The van der Waals surface area contributed by atoms with Crippen LogP contribution in [0.1, 0.15) is 115 Å². The molecule has 9 heteroatoms. The minimum Gasteiger partial charge on any atom is -0.458 e. The first-order valence-electron chi connectivity index (χ1n) is 17.9. The number of aliphatic hydroxyl groups is 2. The Morgan fingerprint density at radius 2 is 1.73 bits per heavy atom. The van der Waals surface area contributed by atoms with E-state index in [-0.39, 0.29) is 18.3 Å². The average molecular weight is 672 g/mol. The Kier molecular flexibility index (Phi) is 10.8. The van der Waals surface area contributed by atoms with Crippen molar-refractivity contribution in [2.24, 2.45) is 39.9 Å². The van der Waals surface area contributed by atoms with Crippen LogP contribution in [0.15, 0.2) is 34.9 Å². The van der Waals surface area contributed by atoms with E-state index in [0.717, 1.165) is 48.8 Å². The van der Waals surface area contributed by atoms with Crippen molar-refractivity contribution in [3.05, 3.63) is 34.9 Å². The van der Waals surface area contributed by atoms with Crippen molar-refractivity contribution in [3.63, 3.8) is 0 Å². The molecule has 9 nitrogen and oxygen atoms in total. The van der Waals surface area contributed by atoms with Crippen LogP contribution in [-0.4, -0.2) is 64.8 Å². The molecule has 0 heterocycles. The van der Waals surface area contributed by atoms with Crippen LogP contribution in [0.4, 0.5) is 4.79 Å². The molecule has 1 fully saturated rings. The van der Waals surface area contributed by atoms with Crippen molar-refractivity contribution < 1.29 is 38.8 Å². The molecular formula is C39H61NO8. The highest BCUT2D eigenvalue weighted by molar-refractivity contribution is 5.78. The second kappa shape index (κ2) is 13.6. The smallest absolute Gasteiger partial charge is 0.408 e. The van der Waals surface area contributed by atoms with Gasteiger partial charge in [0.2, 0.25) is 0 Å². The summed E-state index contributed by atoms with van der Waals surface area (Å²) in [6, 6.07) is 0. The first-order chi connectivity index (χ1) is 22.1. The third-order valence-electron chi connectivity index (χ3n) is 12.2. The van der Waals surface area contributed by atoms with Gasteiger partial charge < -0.3 is 29.7 Å². The van der Waals surface area contributed by atoms with E-state index in [4.69, 9.17) is 14.2 Å². The fraction of sp³-hybridized carbons (Fsp3) is 0.769. The number of nitrogens with one attached hydrogen (secondary N) is 1. The first kappa shape index (κ1) is 38.2. The van der Waals surface area contributed by atoms with E-state index in [1.807, 2.05) is 13.8 Å². The van der Waals surface area contributed by atoms with E-state index in [0.29, 0.717) is 11.8 Å². The third-order valence-corrected chi connectivity index (χ3v) is 12.2. The van der Waals surface area contributed by atoms with E-state index in [1.165, 1.54) is 12.5 Å². The molecule has 0 aliphatic heterocycles. The molecule has 0 aromatic carbocycles. The van der Waals surface area contributed by atoms with Crippen LogP contribution in [0.5, 0.6) is 0 Å². The van der Waals surface area contributed by atoms with Gasteiger partial charge in [-0.1, -0.05) is 66.7 Å². The maximum Gasteiger partial charge on any atom is 0.408 e. The second-order valence-electron chi connectivity index (χ2n) is 17.3. The molecule has 0 aromatic rings. The van der Waals surface area contributed by atoms with Crippen molar-refractivity contribution in [1.82, 2.24) is 5.32 Å². The van der Waals surface area contributed by atoms with Gasteiger partial charge in [-0.15, -0.1) is 0 Å². The number of esters is 2. The maximum absolute atomic E-state index is 13.0. The monoisotopic (exact) mass is 671 g/mol. The highest BCUT2D eigenvalue weighted by Gasteiger charge is 2.65. The lowest BCUT2D eigenvalue weighted by Crippen LogP contribution is -2.63. The van der Waals surface area contributed by atoms with E-state index < -0.39 is 70.8 Å². The van der Waals surface area contributed by atoms with E-state index in [2.05, 4.69) is 52.6 Å². The van der Waals surface area contributed by atoms with Crippen LogP contribution in [0.2, 0.25) is 0 Å². The number of alkyl carbamates (subject to hydrolysis) is 1. The van der Waals surface area contributed by atoms with Crippen LogP contribution < -0.4 is 5.32 Å². The van der Waals surface area contributed by atoms with E-state index in [1.54, 1.807) is 20.8 Å². The van der Waals surface area contributed by atoms with Crippen molar-refractivity contribution in [2.75, 3.05) is 6.54 Å². The van der Waals surface area contributed by atoms with E-state index in [9.17, 15) is 24.6 Å². The van der Waals surface area contributed by atoms with Crippen LogP contribution in [0.3, 0.4) is 0 Å². The number of hydrogen-bond donors (Lipinski definition) is 3. The lowest BCUT2D eigenvalue weighted by Gasteiger charge is -2.62. The number of allylic oxidation sites excluding steroid dienone is 3. The number of rotatable bonds is 9. The third kappa shape index (κ3) is 7.01. The summed E-state index contributed by atoms with van der Waals surface area (Å²) in [7, 11) is 0. The Labute approximate surface area is 287 Å². The van der Waals surface area contributed by atoms with Crippen LogP contribution in [-0.2, 0) is 23.8 Å². The number of carbonyl (C=O) groups is 3. The highest BCUT2D eigenvalue weighted by Crippen LogP contribution is 2.67. The molecular weight excluding hydrogens is 610 g/mol. The molecule has 0 bridgehead atoms. The number of hydrogen-bond acceptors (Lipinski definition) is 8. The molecule has 0 spiro atoms. The normalized spacial score (nSPS) is 34.7. The summed E-state index contributed by atoms with van der Waals surface area (Å²) in [5.74, 6) is -0.262. The van der Waals surface area contributed by atoms with Gasteiger partial charge in [-0.05, 0) is 111 Å². The fourth-order valence-electron chi connectivity index (χ4n) is 9.80. The predicted molar refractivity (Wildman–Crippen MR) is 185 cm³/mol. The lowest BCUT2D eigenvalue weighted by atomic mass is 9.45. The van der Waals surface area contributed by atoms with Gasteiger partial charge in [-0.3, -0.25) is 9.59 Å². The number of amides is 1. The van der Waals surface area contributed by atoms with Crippen molar-refractivity contribution in [2.45, 2.75) is 145 Å². The minimum atomic E-state index is -1.06. The van der Waals surface area contributed by atoms with Gasteiger partial charge in [-0.2, -0.15) is 0 Å². The summed E-state index contributed by atoms with van der Waals surface area (Å²) in [6.07, 6.45) is 2.44. The molecule has 4 rings (SSSR count). The van der Waals surface area contributed by atoms with Crippen molar-refractivity contribution in [1.29, 1.82) is 0 Å². The molecule has 1 saturated carbocycles. The Hall–Kier alpha value is -2.65. The fourth-order valence-corrected chi connectivity index (χ4v) is 9.80. The Morgan fingerprint density at radius 1 is 1.08 bits per heavy atom. The van der Waals surface area contributed by atoms with Crippen LogP contribution in [0.25, 0.3) is 0 Å². The van der Waals surface area contributed by atoms with Crippen molar-refractivity contribution in [3.8, 4) is 0 Å². The van der Waals surface area contributed by atoms with Gasteiger partial charge in [-0.25, -0.2) is 4.79 Å². The second-order valence-corrected chi connectivity index (χ2v) is 17.3. The number of carbonyl (C=O) groups excluding carboxylic acids is 3. The van der Waals surface area contributed by atoms with Gasteiger partial charge in [0.25, 0.3) is 0 Å². The molecule has 0 radical (unpaired) electrons. The molecule has 4 aliphatic carbocycles.